The monoisotopic (exact) mass is 360 g/mol. The van der Waals surface area contributed by atoms with Gasteiger partial charge in [-0.25, -0.2) is 0 Å². The summed E-state index contributed by atoms with van der Waals surface area (Å²) in [6.07, 6.45) is -4.60. The lowest BCUT2D eigenvalue weighted by Gasteiger charge is -2.14. The second kappa shape index (κ2) is 7.14. The fourth-order valence-corrected chi connectivity index (χ4v) is 2.74. The van der Waals surface area contributed by atoms with E-state index in [1.165, 1.54) is 17.8 Å². The number of halogens is 4. The molecule has 1 amide bonds. The van der Waals surface area contributed by atoms with Gasteiger partial charge in [-0.05, 0) is 36.4 Å². The molecule has 23 heavy (non-hydrogen) atoms. The number of nitrogens with one attached hydrogen (secondary N) is 1. The van der Waals surface area contributed by atoms with E-state index in [0.29, 0.717) is 5.69 Å². The van der Waals surface area contributed by atoms with Crippen LogP contribution in [0, 0.1) is 0 Å². The van der Waals surface area contributed by atoms with Crippen molar-refractivity contribution in [3.63, 3.8) is 0 Å². The van der Waals surface area contributed by atoms with Gasteiger partial charge in [0.05, 0.1) is 17.0 Å². The Morgan fingerprint density at radius 1 is 1.22 bits per heavy atom. The summed E-state index contributed by atoms with van der Waals surface area (Å²) in [5.74, 6) is -0.589. The fourth-order valence-electron chi connectivity index (χ4n) is 1.80. The Hall–Kier alpha value is -1.86. The molecule has 0 bridgehead atoms. The summed E-state index contributed by atoms with van der Waals surface area (Å²) in [7, 11) is 0. The van der Waals surface area contributed by atoms with Crippen molar-refractivity contribution in [2.45, 2.75) is 11.1 Å². The highest BCUT2D eigenvalue weighted by Gasteiger charge is 2.34. The number of hydrogen-bond acceptors (Lipinski definition) is 3. The first-order valence-corrected chi connectivity index (χ1v) is 7.77. The number of nitrogen functional groups attached to an aromatic ring is 1. The maximum Gasteiger partial charge on any atom is 0.418 e. The minimum atomic E-state index is -4.60. The highest BCUT2D eigenvalue weighted by Crippen LogP contribution is 2.36. The molecule has 0 aliphatic heterocycles. The zero-order valence-electron chi connectivity index (χ0n) is 11.7. The number of nitrogens with two attached hydrogens (primary N) is 1. The molecule has 3 N–H and O–H groups in total. The topological polar surface area (TPSA) is 55.1 Å². The Morgan fingerprint density at radius 2 is 1.96 bits per heavy atom. The molecular weight excluding hydrogens is 349 g/mol. The van der Waals surface area contributed by atoms with Crippen LogP contribution in [0.2, 0.25) is 5.02 Å². The van der Waals surface area contributed by atoms with Crippen molar-refractivity contribution < 1.29 is 18.0 Å². The highest BCUT2D eigenvalue weighted by molar-refractivity contribution is 8.00. The molecule has 0 spiro atoms. The quantitative estimate of drug-likeness (QED) is 0.615. The van der Waals surface area contributed by atoms with Crippen LogP contribution < -0.4 is 11.1 Å². The molecule has 2 rings (SSSR count). The van der Waals surface area contributed by atoms with E-state index in [1.54, 1.807) is 24.3 Å². The number of carbonyl (C=O) groups is 1. The van der Waals surface area contributed by atoms with E-state index >= 15 is 0 Å². The van der Waals surface area contributed by atoms with Gasteiger partial charge in [-0.3, -0.25) is 4.79 Å². The van der Waals surface area contributed by atoms with Gasteiger partial charge in [0.2, 0.25) is 5.91 Å². The third-order valence-electron chi connectivity index (χ3n) is 2.79. The van der Waals surface area contributed by atoms with Crippen LogP contribution in [0.5, 0.6) is 0 Å². The standard InChI is InChI=1S/C15H12ClF3N2OS/c16-9-4-5-13(12(6-9)15(17,18)19)21-14(22)8-23-11-3-1-2-10(20)7-11/h1-7H,8,20H2,(H,21,22). The molecule has 0 unspecified atom stereocenters. The second-order valence-corrected chi connectivity index (χ2v) is 6.08. The van der Waals surface area contributed by atoms with E-state index in [4.69, 9.17) is 17.3 Å². The van der Waals surface area contributed by atoms with Gasteiger partial charge in [-0.15, -0.1) is 11.8 Å². The number of anilines is 2. The van der Waals surface area contributed by atoms with Gasteiger partial charge in [0.15, 0.2) is 0 Å². The van der Waals surface area contributed by atoms with Crippen LogP contribution in [0.4, 0.5) is 24.5 Å². The SMILES string of the molecule is Nc1cccc(SCC(=O)Nc2ccc(Cl)cc2C(F)(F)F)c1. The normalized spacial score (nSPS) is 11.3. The number of thioether (sulfide) groups is 1. The van der Waals surface area contributed by atoms with Crippen LogP contribution in [0.25, 0.3) is 0 Å². The van der Waals surface area contributed by atoms with E-state index < -0.39 is 17.6 Å². The van der Waals surface area contributed by atoms with Crippen LogP contribution in [-0.4, -0.2) is 11.7 Å². The third-order valence-corrected chi connectivity index (χ3v) is 4.02. The first-order chi connectivity index (χ1) is 10.8. The number of alkyl halides is 3. The van der Waals surface area contributed by atoms with Gasteiger partial charge in [-0.1, -0.05) is 17.7 Å². The van der Waals surface area contributed by atoms with Crippen molar-refractivity contribution in [3.05, 3.63) is 53.1 Å². The lowest BCUT2D eigenvalue weighted by atomic mass is 10.1. The average molecular weight is 361 g/mol. The van der Waals surface area contributed by atoms with Crippen LogP contribution in [0.15, 0.2) is 47.4 Å². The fraction of sp³-hybridized carbons (Fsp3) is 0.133. The number of amides is 1. The Morgan fingerprint density at radius 3 is 2.61 bits per heavy atom. The van der Waals surface area contributed by atoms with Crippen LogP contribution >= 0.6 is 23.4 Å². The van der Waals surface area contributed by atoms with Crippen molar-refractivity contribution in [2.24, 2.45) is 0 Å². The van der Waals surface area contributed by atoms with E-state index in [9.17, 15) is 18.0 Å². The second-order valence-electron chi connectivity index (χ2n) is 4.60. The molecule has 3 nitrogen and oxygen atoms in total. The highest BCUT2D eigenvalue weighted by atomic mass is 35.5. The average Bonchev–Trinajstić information content (AvgIpc) is 2.46. The predicted molar refractivity (Wildman–Crippen MR) is 86.7 cm³/mol. The Kier molecular flexibility index (Phi) is 5.43. The predicted octanol–water partition coefficient (Wildman–Crippen LogP) is 4.67. The van der Waals surface area contributed by atoms with Crippen LogP contribution in [-0.2, 0) is 11.0 Å². The lowest BCUT2D eigenvalue weighted by Crippen LogP contribution is -2.18. The van der Waals surface area contributed by atoms with E-state index in [0.717, 1.165) is 17.0 Å². The molecule has 0 aromatic heterocycles. The third kappa shape index (κ3) is 5.07. The molecule has 0 saturated carbocycles. The van der Waals surface area contributed by atoms with Gasteiger partial charge < -0.3 is 11.1 Å². The molecule has 0 fully saturated rings. The molecule has 0 radical (unpaired) electrons. The summed E-state index contributed by atoms with van der Waals surface area (Å²) < 4.78 is 38.8. The Balaban J connectivity index is 2.06. The van der Waals surface area contributed by atoms with Crippen molar-refractivity contribution in [1.82, 2.24) is 0 Å². The molecule has 0 aliphatic rings. The Bertz CT molecular complexity index is 722. The van der Waals surface area contributed by atoms with Gasteiger partial charge >= 0.3 is 6.18 Å². The smallest absolute Gasteiger partial charge is 0.399 e. The summed E-state index contributed by atoms with van der Waals surface area (Å²) in [6, 6.07) is 10.1. The molecule has 122 valence electrons. The summed E-state index contributed by atoms with van der Waals surface area (Å²) in [5.41, 5.74) is 4.87. The molecule has 8 heteroatoms. The van der Waals surface area contributed by atoms with Gasteiger partial charge in [0, 0.05) is 15.6 Å². The van der Waals surface area contributed by atoms with Gasteiger partial charge in [0.1, 0.15) is 0 Å². The number of benzene rings is 2. The van der Waals surface area contributed by atoms with E-state index in [2.05, 4.69) is 5.32 Å². The first kappa shape index (κ1) is 17.5. The lowest BCUT2D eigenvalue weighted by molar-refractivity contribution is -0.137. The number of rotatable bonds is 4. The zero-order valence-corrected chi connectivity index (χ0v) is 13.2. The minimum absolute atomic E-state index is 0.0383. The van der Waals surface area contributed by atoms with Crippen molar-refractivity contribution in [2.75, 3.05) is 16.8 Å². The molecule has 0 atom stereocenters. The summed E-state index contributed by atoms with van der Waals surface area (Å²) >= 11 is 6.77. The van der Waals surface area contributed by atoms with Crippen LogP contribution in [0.3, 0.4) is 0 Å². The summed E-state index contributed by atoms with van der Waals surface area (Å²) in [6.45, 7) is 0. The van der Waals surface area contributed by atoms with Crippen molar-refractivity contribution in [1.29, 1.82) is 0 Å². The molecule has 2 aromatic rings. The molecule has 0 saturated heterocycles. The summed E-state index contributed by atoms with van der Waals surface area (Å²) in [4.78, 5) is 12.6. The van der Waals surface area contributed by atoms with E-state index in [-0.39, 0.29) is 16.5 Å². The molecule has 0 aliphatic carbocycles. The summed E-state index contributed by atoms with van der Waals surface area (Å²) in [5, 5.41) is 2.21. The van der Waals surface area contributed by atoms with Crippen molar-refractivity contribution in [3.8, 4) is 0 Å². The molecule has 2 aromatic carbocycles. The van der Waals surface area contributed by atoms with Gasteiger partial charge in [0.25, 0.3) is 0 Å². The minimum Gasteiger partial charge on any atom is -0.399 e. The van der Waals surface area contributed by atoms with Crippen molar-refractivity contribution >= 4 is 40.6 Å². The molecule has 0 heterocycles. The first-order valence-electron chi connectivity index (χ1n) is 6.40. The largest absolute Gasteiger partial charge is 0.418 e. The number of carbonyl (C=O) groups excluding carboxylic acids is 1. The maximum absolute atomic E-state index is 12.9. The molecular formula is C15H12ClF3N2OS. The van der Waals surface area contributed by atoms with E-state index in [1.807, 2.05) is 0 Å². The maximum atomic E-state index is 12.9. The Labute approximate surface area is 140 Å². The van der Waals surface area contributed by atoms with Gasteiger partial charge in [-0.2, -0.15) is 13.2 Å². The number of hydrogen-bond donors (Lipinski definition) is 2. The van der Waals surface area contributed by atoms with Crippen LogP contribution in [0.1, 0.15) is 5.56 Å². The zero-order chi connectivity index (χ0) is 17.0.